The van der Waals surface area contributed by atoms with E-state index in [9.17, 15) is 0 Å². The molecule has 0 bridgehead atoms. The third-order valence-corrected chi connectivity index (χ3v) is 11.7. The van der Waals surface area contributed by atoms with Gasteiger partial charge in [-0.1, -0.05) is 192 Å². The molecule has 0 aliphatic rings. The molecular weight excluding hydrogens is 1130 g/mol. The topological polar surface area (TPSA) is 0 Å². The summed E-state index contributed by atoms with van der Waals surface area (Å²) in [7, 11) is 0. The van der Waals surface area contributed by atoms with Crippen LogP contribution in [-0.4, -0.2) is 13.8 Å². The van der Waals surface area contributed by atoms with Gasteiger partial charge in [0.2, 0.25) is 0 Å². The molecule has 0 aromatic heterocycles. The summed E-state index contributed by atoms with van der Waals surface area (Å²) in [6.07, 6.45) is 2.23. The van der Waals surface area contributed by atoms with Crippen LogP contribution in [0.4, 0.5) is 0 Å². The third-order valence-electron chi connectivity index (χ3n) is 11.7. The number of benzene rings is 8. The van der Waals surface area contributed by atoms with E-state index in [1.165, 1.54) is 155 Å². The van der Waals surface area contributed by atoms with E-state index in [2.05, 4.69) is 236 Å². The van der Waals surface area contributed by atoms with Crippen molar-refractivity contribution in [3.05, 3.63) is 246 Å². The average Bonchev–Trinajstić information content (AvgIpc) is 4.15. The third kappa shape index (κ3) is 15.8. The van der Waals surface area contributed by atoms with Crippen molar-refractivity contribution in [3.63, 3.8) is 0 Å². The number of rotatable bonds is 2. The van der Waals surface area contributed by atoms with Crippen LogP contribution in [0.1, 0.15) is 36.1 Å². The molecule has 0 fully saturated rings. The first-order valence-corrected chi connectivity index (χ1v) is 29.6. The van der Waals surface area contributed by atoms with Crippen LogP contribution in [0, 0.1) is 43.6 Å². The Morgan fingerprint density at radius 2 is 0.529 bits per heavy atom. The van der Waals surface area contributed by atoms with Gasteiger partial charge < -0.3 is 29.7 Å². The minimum atomic E-state index is 0. The molecule has 0 heterocycles. The van der Waals surface area contributed by atoms with Gasteiger partial charge in [-0.05, 0) is 12.8 Å². The summed E-state index contributed by atoms with van der Waals surface area (Å²) in [5.74, 6) is 0. The maximum atomic E-state index is 3.06. The molecule has 8 heteroatoms. The van der Waals surface area contributed by atoms with Gasteiger partial charge in [0.05, 0.1) is 0 Å². The molecule has 0 saturated carbocycles. The molecule has 12 rings (SSSR count). The summed E-state index contributed by atoms with van der Waals surface area (Å²) in [4.78, 5) is 0. The van der Waals surface area contributed by atoms with Crippen molar-refractivity contribution in [1.29, 1.82) is 0 Å². The van der Waals surface area contributed by atoms with Crippen LogP contribution in [0.2, 0.25) is 0 Å². The van der Waals surface area contributed by atoms with E-state index in [0.29, 0.717) is 0 Å². The summed E-state index contributed by atoms with van der Waals surface area (Å²) in [5, 5.41) is 21.7. The van der Waals surface area contributed by atoms with Crippen LogP contribution in [0.5, 0.6) is 0 Å². The molecule has 0 spiro atoms. The Labute approximate surface area is 477 Å². The molecule has 12 aromatic rings. The van der Waals surface area contributed by atoms with Crippen LogP contribution in [0.25, 0.3) is 86.2 Å². The molecule has 0 amide bonds. The Morgan fingerprint density at radius 3 is 0.786 bits per heavy atom. The Balaban J connectivity index is 0. The standard InChI is InChI=1S/2C15H13.2C14H11.4CH3.4ClH.2Si.2Zr/c2*1-2-11-9-13-8-7-12-5-3-4-6-14(12)15(13)10-11;2*1-10-8-12-7-6-11-4-2-3-5-13(11)14(12)9-10;;;;;;;;;;;;/h2*3-10H,2H2,1H3;2*2-9H,1H3;4*1H3;4*1H;;;;/q8*-1;;;;;;;;. The molecule has 0 nitrogen and oxygen atoms in total. The van der Waals surface area contributed by atoms with Gasteiger partial charge in [0.25, 0.3) is 0 Å². The second-order valence-corrected chi connectivity index (χ2v) is 15.7. The van der Waals surface area contributed by atoms with Crippen molar-refractivity contribution < 1.29 is 46.7 Å². The fourth-order valence-corrected chi connectivity index (χ4v) is 8.69. The zero-order valence-corrected chi connectivity index (χ0v) is 51.7. The maximum absolute atomic E-state index is 3.06. The van der Waals surface area contributed by atoms with Crippen LogP contribution >= 0.6 is 49.6 Å². The van der Waals surface area contributed by atoms with Gasteiger partial charge in [-0.25, -0.2) is 0 Å². The Morgan fingerprint density at radius 1 is 0.314 bits per heavy atom. The molecule has 12 aromatic carbocycles. The van der Waals surface area contributed by atoms with Crippen molar-refractivity contribution in [1.82, 2.24) is 0 Å². The monoisotopic (exact) mass is 1180 g/mol. The molecule has 0 saturated heterocycles. The molecule has 0 N–H and O–H groups in total. The van der Waals surface area contributed by atoms with Gasteiger partial charge >= 0.3 is 60.4 Å². The second-order valence-electron chi connectivity index (χ2n) is 15.7. The van der Waals surface area contributed by atoms with E-state index in [1.807, 2.05) is 0 Å². The van der Waals surface area contributed by atoms with Crippen LogP contribution in [-0.2, 0) is 59.5 Å². The fourth-order valence-electron chi connectivity index (χ4n) is 8.69. The van der Waals surface area contributed by atoms with Gasteiger partial charge in [0.1, 0.15) is 0 Å². The number of fused-ring (bicyclic) bond motifs is 12. The zero-order chi connectivity index (χ0) is 43.6. The molecule has 0 atom stereocenters. The molecule has 0 aliphatic heterocycles. The normalized spacial score (nSPS) is 9.40. The van der Waals surface area contributed by atoms with E-state index in [0.717, 1.165) is 12.8 Å². The van der Waals surface area contributed by atoms with Gasteiger partial charge in [0, 0.05) is 0 Å². The van der Waals surface area contributed by atoms with Crippen LogP contribution in [0.15, 0.2) is 194 Å². The number of hydrogen-bond donors (Lipinski definition) is 0. The first-order chi connectivity index (χ1) is 30.4. The molecule has 0 unspecified atom stereocenters. The molecule has 70 heavy (non-hydrogen) atoms. The zero-order valence-electron chi connectivity index (χ0n) is 41.5. The quantitative estimate of drug-likeness (QED) is 0.120. The van der Waals surface area contributed by atoms with Gasteiger partial charge in [-0.3, -0.25) is 0 Å². The first-order valence-electron chi connectivity index (χ1n) is 21.2. The number of halogens is 4. The van der Waals surface area contributed by atoms with E-state index in [-0.39, 0.29) is 79.3 Å². The van der Waals surface area contributed by atoms with Crippen molar-refractivity contribution >= 4 is 150 Å². The predicted octanol–water partition coefficient (Wildman–Crippen LogP) is 19.3. The number of aryl methyl sites for hydroxylation is 4. The SMILES string of the molecule is CCc1cc2ccc3ccccc3c2[cH-]1.CCc1cc2ccc3ccccc3c2[cH-]1.Cc1cc2ccc3ccccc3c2[cH-]1.Cc1cc2ccc3ccccc3c2[cH-]1.Cl.Cl.Cl.Cl.[CH3-].[CH3-].[CH3-].[CH3-].[Si]=[Zr].[Si]=[Zr]. The Bertz CT molecular complexity index is 3190. The van der Waals surface area contributed by atoms with E-state index >= 15 is 0 Å². The predicted molar refractivity (Wildman–Crippen MR) is 323 cm³/mol. The van der Waals surface area contributed by atoms with E-state index < -0.39 is 0 Å². The van der Waals surface area contributed by atoms with Gasteiger partial charge in [-0.2, -0.15) is 24.3 Å². The summed E-state index contributed by atoms with van der Waals surface area (Å²) in [6, 6.07) is 70.1. The second kappa shape index (κ2) is 33.4. The fraction of sp³-hybridized carbons (Fsp3) is 0.0968. The van der Waals surface area contributed by atoms with E-state index in [4.69, 9.17) is 0 Å². The molecule has 0 aliphatic carbocycles. The van der Waals surface area contributed by atoms with Gasteiger partial charge in [0.15, 0.2) is 0 Å². The number of hydrogen-bond acceptors (Lipinski definition) is 0. The van der Waals surface area contributed by atoms with Gasteiger partial charge in [-0.15, -0.1) is 164 Å². The van der Waals surface area contributed by atoms with Crippen molar-refractivity contribution in [3.8, 4) is 0 Å². The summed E-state index contributed by atoms with van der Waals surface area (Å²) in [6.45, 7) is 14.8. The van der Waals surface area contributed by atoms with E-state index in [1.54, 1.807) is 0 Å². The molecular formula is C62H64Cl4Si2Zr2-8. The summed E-state index contributed by atoms with van der Waals surface area (Å²) < 4.78 is 0. The molecule has 4 radical (unpaired) electrons. The van der Waals surface area contributed by atoms with Crippen molar-refractivity contribution in [2.45, 2.75) is 40.5 Å². The Kier molecular flexibility index (Phi) is 32.7. The molecule has 364 valence electrons. The Hall–Kier alpha value is -3.40. The van der Waals surface area contributed by atoms with Crippen LogP contribution in [0.3, 0.4) is 0 Å². The van der Waals surface area contributed by atoms with Crippen molar-refractivity contribution in [2.75, 3.05) is 0 Å². The average molecular weight is 1190 g/mol. The summed E-state index contributed by atoms with van der Waals surface area (Å²) >= 11 is 2.71. The van der Waals surface area contributed by atoms with Crippen molar-refractivity contribution in [2.24, 2.45) is 0 Å². The first kappa shape index (κ1) is 68.7. The van der Waals surface area contributed by atoms with Crippen LogP contribution < -0.4 is 0 Å². The minimum absolute atomic E-state index is 0. The summed E-state index contributed by atoms with van der Waals surface area (Å²) in [5.41, 5.74) is 5.55.